The van der Waals surface area contributed by atoms with E-state index in [-0.39, 0.29) is 17.9 Å². The summed E-state index contributed by atoms with van der Waals surface area (Å²) in [4.78, 5) is 27.6. The second-order valence-electron chi connectivity index (χ2n) is 5.50. The molecule has 1 aliphatic heterocycles. The lowest BCUT2D eigenvalue weighted by Gasteiger charge is -2.23. The van der Waals surface area contributed by atoms with Crippen molar-refractivity contribution in [3.05, 3.63) is 30.3 Å². The Morgan fingerprint density at radius 2 is 1.62 bits per heavy atom. The Labute approximate surface area is 125 Å². The summed E-state index contributed by atoms with van der Waals surface area (Å²) in [6.07, 6.45) is 0.433. The van der Waals surface area contributed by atoms with Gasteiger partial charge in [-0.05, 0) is 18.6 Å². The second kappa shape index (κ2) is 7.11. The molecule has 0 unspecified atom stereocenters. The van der Waals surface area contributed by atoms with Gasteiger partial charge < -0.3 is 14.5 Å². The maximum Gasteiger partial charge on any atom is 0.415 e. The summed E-state index contributed by atoms with van der Waals surface area (Å²) >= 11 is 0. The van der Waals surface area contributed by atoms with Gasteiger partial charge in [-0.3, -0.25) is 4.79 Å². The summed E-state index contributed by atoms with van der Waals surface area (Å²) < 4.78 is 5.34. The lowest BCUT2D eigenvalue weighted by molar-refractivity contribution is -0.134. The highest BCUT2D eigenvalue weighted by molar-refractivity contribution is 5.78. The molecule has 21 heavy (non-hydrogen) atoms. The zero-order valence-corrected chi connectivity index (χ0v) is 12.6. The molecule has 5 nitrogen and oxygen atoms in total. The van der Waals surface area contributed by atoms with Crippen molar-refractivity contribution in [2.24, 2.45) is 5.92 Å². The quantitative estimate of drug-likeness (QED) is 0.840. The van der Waals surface area contributed by atoms with E-state index in [1.807, 2.05) is 36.9 Å². The maximum absolute atomic E-state index is 12.1. The van der Waals surface area contributed by atoms with Crippen molar-refractivity contribution >= 4 is 12.0 Å². The van der Waals surface area contributed by atoms with E-state index in [4.69, 9.17) is 4.74 Å². The number of carbonyl (C=O) groups excluding carboxylic acids is 2. The van der Waals surface area contributed by atoms with Crippen LogP contribution in [0, 0.1) is 5.92 Å². The number of hydrogen-bond acceptors (Lipinski definition) is 3. The molecule has 0 atom stereocenters. The zero-order chi connectivity index (χ0) is 15.2. The fourth-order valence-electron chi connectivity index (χ4n) is 2.34. The minimum atomic E-state index is -0.347. The molecule has 1 fully saturated rings. The van der Waals surface area contributed by atoms with E-state index < -0.39 is 0 Å². The fourth-order valence-corrected chi connectivity index (χ4v) is 2.34. The number of ether oxygens (including phenoxy) is 1. The van der Waals surface area contributed by atoms with E-state index in [0.29, 0.717) is 31.9 Å². The first kappa shape index (κ1) is 15.4. The molecule has 1 aromatic rings. The number of para-hydroxylation sites is 1. The van der Waals surface area contributed by atoms with Crippen molar-refractivity contribution in [1.82, 2.24) is 9.80 Å². The van der Waals surface area contributed by atoms with Crippen molar-refractivity contribution in [2.45, 2.75) is 20.3 Å². The maximum atomic E-state index is 12.1. The highest BCUT2D eigenvalue weighted by atomic mass is 16.6. The van der Waals surface area contributed by atoms with E-state index in [1.165, 1.54) is 0 Å². The van der Waals surface area contributed by atoms with Gasteiger partial charge in [-0.2, -0.15) is 0 Å². The lowest BCUT2D eigenvalue weighted by atomic mass is 10.2. The minimum absolute atomic E-state index is 0.00665. The van der Waals surface area contributed by atoms with E-state index >= 15 is 0 Å². The summed E-state index contributed by atoms with van der Waals surface area (Å²) in [7, 11) is 0. The van der Waals surface area contributed by atoms with Gasteiger partial charge in [0.15, 0.2) is 0 Å². The summed E-state index contributed by atoms with van der Waals surface area (Å²) in [5.41, 5.74) is 0. The first-order chi connectivity index (χ1) is 10.1. The molecule has 0 spiro atoms. The van der Waals surface area contributed by atoms with Crippen molar-refractivity contribution in [1.29, 1.82) is 0 Å². The van der Waals surface area contributed by atoms with Gasteiger partial charge in [-0.1, -0.05) is 32.0 Å². The molecule has 1 saturated heterocycles. The first-order valence-corrected chi connectivity index (χ1v) is 7.38. The van der Waals surface area contributed by atoms with Gasteiger partial charge in [0.25, 0.3) is 0 Å². The number of hydrogen-bond donors (Lipinski definition) is 0. The third-order valence-electron chi connectivity index (χ3n) is 3.51. The minimum Gasteiger partial charge on any atom is -0.410 e. The number of carbonyl (C=O) groups is 2. The van der Waals surface area contributed by atoms with Crippen LogP contribution < -0.4 is 4.74 Å². The summed E-state index contributed by atoms with van der Waals surface area (Å²) in [6, 6.07) is 9.04. The van der Waals surface area contributed by atoms with Crippen LogP contribution >= 0.6 is 0 Å². The van der Waals surface area contributed by atoms with Crippen LogP contribution in [0.2, 0.25) is 0 Å². The largest absolute Gasteiger partial charge is 0.415 e. The van der Waals surface area contributed by atoms with E-state index in [9.17, 15) is 9.59 Å². The highest BCUT2D eigenvalue weighted by Gasteiger charge is 2.24. The van der Waals surface area contributed by atoms with E-state index in [0.717, 1.165) is 6.42 Å². The van der Waals surface area contributed by atoms with Gasteiger partial charge in [-0.25, -0.2) is 4.79 Å². The third-order valence-corrected chi connectivity index (χ3v) is 3.51. The molecule has 1 heterocycles. The second-order valence-corrected chi connectivity index (χ2v) is 5.50. The average Bonchev–Trinajstić information content (AvgIpc) is 2.73. The number of benzene rings is 1. The molecular formula is C16H22N2O3. The zero-order valence-electron chi connectivity index (χ0n) is 12.6. The number of nitrogens with zero attached hydrogens (tertiary/aromatic N) is 2. The van der Waals surface area contributed by atoms with Crippen LogP contribution in [0.25, 0.3) is 0 Å². The van der Waals surface area contributed by atoms with Gasteiger partial charge >= 0.3 is 6.09 Å². The van der Waals surface area contributed by atoms with Crippen molar-refractivity contribution in [2.75, 3.05) is 26.2 Å². The summed E-state index contributed by atoms with van der Waals surface area (Å²) in [5.74, 6) is 0.683. The fraction of sp³-hybridized carbons (Fsp3) is 0.500. The standard InChI is InChI=1S/C16H22N2O3/c1-13(2)15(19)17-9-6-10-18(12-11-17)16(20)21-14-7-4-3-5-8-14/h3-5,7-8,13H,6,9-12H2,1-2H3. The Morgan fingerprint density at radius 3 is 2.29 bits per heavy atom. The van der Waals surface area contributed by atoms with Gasteiger partial charge in [0.2, 0.25) is 5.91 Å². The molecule has 1 aliphatic rings. The van der Waals surface area contributed by atoms with Crippen molar-refractivity contribution < 1.29 is 14.3 Å². The number of rotatable bonds is 2. The van der Waals surface area contributed by atoms with Gasteiger partial charge in [0, 0.05) is 32.1 Å². The smallest absolute Gasteiger partial charge is 0.410 e. The first-order valence-electron chi connectivity index (χ1n) is 7.38. The Kier molecular flexibility index (Phi) is 5.20. The molecule has 0 saturated carbocycles. The highest BCUT2D eigenvalue weighted by Crippen LogP contribution is 2.12. The topological polar surface area (TPSA) is 49.9 Å². The third kappa shape index (κ3) is 4.21. The molecule has 0 bridgehead atoms. The van der Waals surface area contributed by atoms with Crippen LogP contribution in [-0.4, -0.2) is 48.0 Å². The van der Waals surface area contributed by atoms with Gasteiger partial charge in [-0.15, -0.1) is 0 Å². The predicted octanol–water partition coefficient (Wildman–Crippen LogP) is 2.38. The Hall–Kier alpha value is -2.04. The summed E-state index contributed by atoms with van der Waals surface area (Å²) in [6.45, 7) is 6.20. The van der Waals surface area contributed by atoms with Crippen LogP contribution in [0.5, 0.6) is 5.75 Å². The molecule has 0 radical (unpaired) electrons. The normalized spacial score (nSPS) is 15.8. The molecule has 0 aliphatic carbocycles. The summed E-state index contributed by atoms with van der Waals surface area (Å²) in [5, 5.41) is 0. The van der Waals surface area contributed by atoms with E-state index in [2.05, 4.69) is 0 Å². The SMILES string of the molecule is CC(C)C(=O)N1CCCN(C(=O)Oc2ccccc2)CC1. The molecular weight excluding hydrogens is 268 g/mol. The van der Waals surface area contributed by atoms with Crippen LogP contribution in [0.15, 0.2) is 30.3 Å². The molecule has 1 aromatic carbocycles. The van der Waals surface area contributed by atoms with Crippen LogP contribution in [0.1, 0.15) is 20.3 Å². The Bertz CT molecular complexity index is 488. The molecule has 0 aromatic heterocycles. The Balaban J connectivity index is 1.90. The Morgan fingerprint density at radius 1 is 1.00 bits per heavy atom. The van der Waals surface area contributed by atoms with Gasteiger partial charge in [0.05, 0.1) is 0 Å². The molecule has 0 N–H and O–H groups in total. The monoisotopic (exact) mass is 290 g/mol. The van der Waals surface area contributed by atoms with Crippen LogP contribution in [0.3, 0.4) is 0 Å². The van der Waals surface area contributed by atoms with Crippen LogP contribution in [-0.2, 0) is 4.79 Å². The predicted molar refractivity (Wildman–Crippen MR) is 80.1 cm³/mol. The molecule has 5 heteroatoms. The van der Waals surface area contributed by atoms with Crippen molar-refractivity contribution in [3.63, 3.8) is 0 Å². The molecule has 2 rings (SSSR count). The molecule has 114 valence electrons. The van der Waals surface area contributed by atoms with Gasteiger partial charge in [0.1, 0.15) is 5.75 Å². The average molecular weight is 290 g/mol. The molecule has 2 amide bonds. The van der Waals surface area contributed by atoms with Crippen molar-refractivity contribution in [3.8, 4) is 5.75 Å². The van der Waals surface area contributed by atoms with Crippen LogP contribution in [0.4, 0.5) is 4.79 Å². The number of amides is 2. The lowest BCUT2D eigenvalue weighted by Crippen LogP contribution is -2.39. The van der Waals surface area contributed by atoms with E-state index in [1.54, 1.807) is 17.0 Å².